The summed E-state index contributed by atoms with van der Waals surface area (Å²) in [5, 5.41) is 12.8. The Morgan fingerprint density at radius 2 is 1.69 bits per heavy atom. The number of nitrogens with one attached hydrogen (secondary N) is 1. The Balaban J connectivity index is 1.29. The molecule has 0 aliphatic rings. The van der Waals surface area contributed by atoms with E-state index in [2.05, 4.69) is 10.3 Å². The third-order valence-corrected chi connectivity index (χ3v) is 6.92. The Hall–Kier alpha value is -5.83. The molecular weight excluding hydrogens is 528 g/mol. The maximum absolute atomic E-state index is 12.5. The first kappa shape index (κ1) is 26.4. The minimum absolute atomic E-state index is 0.0805. The van der Waals surface area contributed by atoms with Crippen molar-refractivity contribution in [2.24, 2.45) is 0 Å². The van der Waals surface area contributed by atoms with Gasteiger partial charge in [0.15, 0.2) is 17.8 Å². The van der Waals surface area contributed by atoms with Crippen molar-refractivity contribution >= 4 is 29.2 Å². The van der Waals surface area contributed by atoms with Gasteiger partial charge in [0.1, 0.15) is 17.1 Å². The van der Waals surface area contributed by atoms with Crippen LogP contribution >= 0.6 is 0 Å². The number of aromatic nitrogens is 4. The van der Waals surface area contributed by atoms with Crippen LogP contribution in [0.1, 0.15) is 21.5 Å². The molecule has 0 aliphatic heterocycles. The van der Waals surface area contributed by atoms with Crippen molar-refractivity contribution in [1.82, 2.24) is 24.8 Å². The zero-order valence-electron chi connectivity index (χ0n) is 22.4. The molecule has 0 bridgehead atoms. The first-order valence-corrected chi connectivity index (χ1v) is 13.3. The van der Waals surface area contributed by atoms with E-state index in [1.807, 2.05) is 83.4 Å². The van der Waals surface area contributed by atoms with Gasteiger partial charge in [-0.05, 0) is 59.7 Å². The summed E-state index contributed by atoms with van der Waals surface area (Å²) in [7, 11) is 0. The van der Waals surface area contributed by atoms with Gasteiger partial charge in [-0.25, -0.2) is 15.0 Å². The molecule has 0 saturated heterocycles. The van der Waals surface area contributed by atoms with Gasteiger partial charge in [-0.15, -0.1) is 0 Å². The number of anilines is 1. The predicted octanol–water partition coefficient (Wildman–Crippen LogP) is 5.11. The minimum Gasteiger partial charge on any atom is -0.507 e. The molecule has 1 amide bonds. The van der Waals surface area contributed by atoms with Crippen molar-refractivity contribution in [3.63, 3.8) is 0 Å². The van der Waals surface area contributed by atoms with E-state index >= 15 is 0 Å². The topological polar surface area (TPSA) is 136 Å². The lowest BCUT2D eigenvalue weighted by molar-refractivity contribution is -0.120. The van der Waals surface area contributed by atoms with Crippen molar-refractivity contribution in [2.75, 3.05) is 5.73 Å². The summed E-state index contributed by atoms with van der Waals surface area (Å²) in [6.45, 7) is 0.320. The number of hydrogen-bond acceptors (Lipinski definition) is 7. The van der Waals surface area contributed by atoms with Crippen molar-refractivity contribution in [3.05, 3.63) is 120 Å². The number of rotatable bonds is 8. The zero-order valence-corrected chi connectivity index (χ0v) is 22.4. The predicted molar refractivity (Wildman–Crippen MR) is 161 cm³/mol. The van der Waals surface area contributed by atoms with Crippen molar-refractivity contribution in [1.29, 1.82) is 0 Å². The van der Waals surface area contributed by atoms with Crippen LogP contribution in [0.25, 0.3) is 39.5 Å². The van der Waals surface area contributed by atoms with E-state index in [-0.39, 0.29) is 23.6 Å². The van der Waals surface area contributed by atoms with E-state index in [1.54, 1.807) is 12.3 Å². The van der Waals surface area contributed by atoms with Crippen LogP contribution in [0, 0.1) is 0 Å². The molecule has 42 heavy (non-hydrogen) atoms. The van der Waals surface area contributed by atoms with E-state index in [4.69, 9.17) is 15.7 Å². The molecule has 3 aromatic heterocycles. The van der Waals surface area contributed by atoms with Crippen molar-refractivity contribution < 1.29 is 14.7 Å². The lowest BCUT2D eigenvalue weighted by atomic mass is 10.1. The van der Waals surface area contributed by atoms with Gasteiger partial charge in [-0.3, -0.25) is 14.2 Å². The highest BCUT2D eigenvalue weighted by Gasteiger charge is 2.19. The lowest BCUT2D eigenvalue weighted by Gasteiger charge is -2.12. The molecule has 9 nitrogen and oxygen atoms in total. The van der Waals surface area contributed by atoms with Crippen LogP contribution in [0.5, 0.6) is 5.75 Å². The average molecular weight is 555 g/mol. The molecule has 0 unspecified atom stereocenters. The summed E-state index contributed by atoms with van der Waals surface area (Å²) in [5.74, 6) is 0.643. The first-order chi connectivity index (χ1) is 20.5. The fourth-order valence-corrected chi connectivity index (χ4v) is 4.77. The molecule has 206 valence electrons. The molecule has 0 radical (unpaired) electrons. The van der Waals surface area contributed by atoms with Gasteiger partial charge in [0.05, 0.1) is 23.2 Å². The fourth-order valence-electron chi connectivity index (χ4n) is 4.77. The number of aldehydes is 1. The summed E-state index contributed by atoms with van der Waals surface area (Å²) in [5.41, 5.74) is 12.7. The largest absolute Gasteiger partial charge is 0.507 e. The highest BCUT2D eigenvalue weighted by Crippen LogP contribution is 2.31. The standard InChI is InChI=1S/C33H26N6O3/c34-31-26(7-4-16-35-31)32-38-28-15-14-27(23-5-2-1-3-6-23)37-33(28)39(32)25-12-9-21(10-13-25)19-36-30(42)18-22-8-11-24(20-40)29(41)17-22/h1-17,20,41H,18-19H2,(H2,34,35)(H,36,42). The van der Waals surface area contributed by atoms with E-state index in [0.29, 0.717) is 41.2 Å². The molecule has 6 aromatic rings. The molecule has 6 rings (SSSR count). The number of benzene rings is 3. The van der Waals surface area contributed by atoms with Gasteiger partial charge in [0.25, 0.3) is 0 Å². The van der Waals surface area contributed by atoms with Crippen molar-refractivity contribution in [2.45, 2.75) is 13.0 Å². The monoisotopic (exact) mass is 554 g/mol. The molecule has 0 saturated carbocycles. The lowest BCUT2D eigenvalue weighted by Crippen LogP contribution is -2.24. The van der Waals surface area contributed by atoms with Crippen LogP contribution in [-0.4, -0.2) is 36.8 Å². The molecule has 3 aromatic carbocycles. The third-order valence-electron chi connectivity index (χ3n) is 6.92. The molecule has 3 heterocycles. The summed E-state index contributed by atoms with van der Waals surface area (Å²) in [4.78, 5) is 37.6. The number of aromatic hydroxyl groups is 1. The molecule has 0 aliphatic carbocycles. The zero-order chi connectivity index (χ0) is 29.1. The summed E-state index contributed by atoms with van der Waals surface area (Å²) in [6, 6.07) is 29.9. The molecule has 4 N–H and O–H groups in total. The van der Waals surface area contributed by atoms with E-state index in [1.165, 1.54) is 12.1 Å². The molecule has 0 atom stereocenters. The Kier molecular flexibility index (Phi) is 7.13. The highest BCUT2D eigenvalue weighted by molar-refractivity contribution is 5.85. The molecule has 9 heteroatoms. The number of amides is 1. The number of hydrogen-bond donors (Lipinski definition) is 3. The maximum Gasteiger partial charge on any atom is 0.224 e. The van der Waals surface area contributed by atoms with Gasteiger partial charge in [0, 0.05) is 24.0 Å². The van der Waals surface area contributed by atoms with Crippen molar-refractivity contribution in [3.8, 4) is 34.1 Å². The number of imidazole rings is 1. The first-order valence-electron chi connectivity index (χ1n) is 13.3. The molecule has 0 spiro atoms. The number of pyridine rings is 2. The van der Waals surface area contributed by atoms with Gasteiger partial charge in [-0.2, -0.15) is 0 Å². The number of fused-ring (bicyclic) bond motifs is 1. The van der Waals surface area contributed by atoms with Crippen LogP contribution in [0.4, 0.5) is 5.82 Å². The van der Waals surface area contributed by atoms with Crippen LogP contribution in [0.3, 0.4) is 0 Å². The SMILES string of the molecule is Nc1ncccc1-c1nc2ccc(-c3ccccc3)nc2n1-c1ccc(CNC(=O)Cc2ccc(C=O)c(O)c2)cc1. The van der Waals surface area contributed by atoms with Gasteiger partial charge >= 0.3 is 0 Å². The van der Waals surface area contributed by atoms with Crippen LogP contribution < -0.4 is 11.1 Å². The second-order valence-electron chi connectivity index (χ2n) is 9.74. The van der Waals surface area contributed by atoms with E-state index < -0.39 is 0 Å². The van der Waals surface area contributed by atoms with Crippen LogP contribution in [0.15, 0.2) is 103 Å². The number of nitrogens with two attached hydrogens (primary N) is 1. The van der Waals surface area contributed by atoms with Crippen LogP contribution in [-0.2, 0) is 17.8 Å². The Bertz CT molecular complexity index is 1920. The Labute approximate surface area is 241 Å². The number of nitrogens with zero attached hydrogens (tertiary/aromatic N) is 4. The number of carbonyl (C=O) groups excluding carboxylic acids is 2. The molecular formula is C33H26N6O3. The fraction of sp³-hybridized carbons (Fsp3) is 0.0606. The summed E-state index contributed by atoms with van der Waals surface area (Å²) < 4.78 is 1.97. The number of phenolic OH excluding ortho intramolecular Hbond substituents is 1. The highest BCUT2D eigenvalue weighted by atomic mass is 16.3. The quantitative estimate of drug-likeness (QED) is 0.223. The summed E-state index contributed by atoms with van der Waals surface area (Å²) in [6.07, 6.45) is 2.29. The number of nitrogen functional groups attached to an aromatic ring is 1. The van der Waals surface area contributed by atoms with Gasteiger partial charge in [-0.1, -0.05) is 48.5 Å². The molecule has 0 fully saturated rings. The second-order valence-corrected chi connectivity index (χ2v) is 9.74. The van der Waals surface area contributed by atoms with E-state index in [0.717, 1.165) is 28.0 Å². The number of carbonyl (C=O) groups is 2. The van der Waals surface area contributed by atoms with E-state index in [9.17, 15) is 14.7 Å². The van der Waals surface area contributed by atoms with Gasteiger partial charge < -0.3 is 16.2 Å². The smallest absolute Gasteiger partial charge is 0.224 e. The minimum atomic E-state index is -0.204. The average Bonchev–Trinajstić information content (AvgIpc) is 3.39. The Morgan fingerprint density at radius 1 is 0.905 bits per heavy atom. The Morgan fingerprint density at radius 3 is 2.43 bits per heavy atom. The van der Waals surface area contributed by atoms with Crippen LogP contribution in [0.2, 0.25) is 0 Å². The number of phenols is 1. The second kappa shape index (κ2) is 11.3. The third kappa shape index (κ3) is 5.31. The van der Waals surface area contributed by atoms with Gasteiger partial charge in [0.2, 0.25) is 5.91 Å². The summed E-state index contributed by atoms with van der Waals surface area (Å²) >= 11 is 0. The normalized spacial score (nSPS) is 11.0. The maximum atomic E-state index is 12.5.